The first-order valence-electron chi connectivity index (χ1n) is 18.9. The van der Waals surface area contributed by atoms with Crippen molar-refractivity contribution in [2.75, 3.05) is 49.6 Å². The summed E-state index contributed by atoms with van der Waals surface area (Å²) < 4.78 is 22.4. The number of carbonyl (C=O) groups is 1. The van der Waals surface area contributed by atoms with E-state index in [1.54, 1.807) is 12.3 Å². The average molecular weight is 693 g/mol. The van der Waals surface area contributed by atoms with Crippen LogP contribution in [0.25, 0.3) is 22.3 Å². The molecule has 0 atom stereocenters. The highest BCUT2D eigenvalue weighted by Crippen LogP contribution is 2.52. The minimum atomic E-state index is -0.508. The van der Waals surface area contributed by atoms with Crippen molar-refractivity contribution in [2.45, 2.75) is 95.8 Å². The Bertz CT molecular complexity index is 1970. The number of amides is 1. The number of likely N-dealkylation sites (tertiary alicyclic amines) is 2. The molecule has 10 nitrogen and oxygen atoms in total. The number of ether oxygens (including phenoxy) is 1. The van der Waals surface area contributed by atoms with E-state index in [2.05, 4.69) is 75.5 Å². The minimum absolute atomic E-state index is 0.131. The quantitative estimate of drug-likeness (QED) is 0.229. The van der Waals surface area contributed by atoms with Crippen LogP contribution in [-0.2, 0) is 14.9 Å². The first-order chi connectivity index (χ1) is 24.6. The second-order valence-electron chi connectivity index (χ2n) is 16.7. The standard InChI is InChI=1S/C40H49FN8O2/c1-25(2)48-24-43-34-19-33(45-37(36(34)48)44-32-8-12-42-20-31(32)41)26-6-7-30-35(16-26)49(28-17-27(18-28)47-13-5-9-39(3,4)23-47)38(50)40(30)10-14-46(15-11-40)29-21-51-22-29/h6-8,12,16,19-20,24-25,27-29H,5,9-11,13-15,17-18,21-23H2,1-4H3,(H,42,44,45). The molecule has 4 aliphatic heterocycles. The second-order valence-corrected chi connectivity index (χ2v) is 16.7. The van der Waals surface area contributed by atoms with Crippen molar-refractivity contribution in [1.29, 1.82) is 0 Å². The number of piperidine rings is 2. The molecular weight excluding hydrogens is 643 g/mol. The van der Waals surface area contributed by atoms with Gasteiger partial charge in [-0.05, 0) is 101 Å². The van der Waals surface area contributed by atoms with Crippen LogP contribution in [0.2, 0.25) is 0 Å². The number of fused-ring (bicyclic) bond motifs is 3. The largest absolute Gasteiger partial charge is 0.378 e. The maximum atomic E-state index is 14.9. The van der Waals surface area contributed by atoms with E-state index in [0.29, 0.717) is 29.0 Å². The molecule has 1 amide bonds. The van der Waals surface area contributed by atoms with Gasteiger partial charge in [0.15, 0.2) is 11.6 Å². The Hall–Kier alpha value is -3.93. The topological polar surface area (TPSA) is 91.7 Å². The SMILES string of the molecule is CC(C)n1cnc2cc(-c3ccc4c(c3)N(C3CC(N5CCCC(C)(C)C5)C3)C(=O)C43CCN(C4COC4)CC3)nc(Nc3ccncc3F)c21. The number of anilines is 3. The van der Waals surface area contributed by atoms with Gasteiger partial charge in [0.2, 0.25) is 5.91 Å². The molecule has 1 spiro atoms. The maximum absolute atomic E-state index is 14.9. The van der Waals surface area contributed by atoms with E-state index in [1.165, 1.54) is 19.0 Å². The summed E-state index contributed by atoms with van der Waals surface area (Å²) >= 11 is 0. The van der Waals surface area contributed by atoms with Gasteiger partial charge in [-0.3, -0.25) is 19.6 Å². The molecule has 1 N–H and O–H groups in total. The fraction of sp³-hybridized carbons (Fsp3) is 0.550. The molecule has 1 aliphatic carbocycles. The summed E-state index contributed by atoms with van der Waals surface area (Å²) in [5, 5.41) is 3.25. The Morgan fingerprint density at radius 3 is 2.49 bits per heavy atom. The molecule has 11 heteroatoms. The number of carbonyl (C=O) groups excluding carboxylic acids is 1. The predicted molar refractivity (Wildman–Crippen MR) is 197 cm³/mol. The summed E-state index contributed by atoms with van der Waals surface area (Å²) in [6.07, 6.45) is 10.8. The van der Waals surface area contributed by atoms with Crippen LogP contribution >= 0.6 is 0 Å². The van der Waals surface area contributed by atoms with Crippen molar-refractivity contribution in [3.63, 3.8) is 0 Å². The highest BCUT2D eigenvalue weighted by atomic mass is 19.1. The summed E-state index contributed by atoms with van der Waals surface area (Å²) in [6, 6.07) is 11.4. The average Bonchev–Trinajstić information content (AvgIpc) is 3.59. The van der Waals surface area contributed by atoms with Crippen LogP contribution in [0.5, 0.6) is 0 Å². The lowest BCUT2D eigenvalue weighted by Crippen LogP contribution is -2.60. The minimum Gasteiger partial charge on any atom is -0.378 e. The highest BCUT2D eigenvalue weighted by molar-refractivity contribution is 6.09. The lowest BCUT2D eigenvalue weighted by Gasteiger charge is -2.51. The summed E-state index contributed by atoms with van der Waals surface area (Å²) in [5.74, 6) is 0.353. The van der Waals surface area contributed by atoms with Crippen molar-refractivity contribution >= 4 is 34.1 Å². The van der Waals surface area contributed by atoms with Gasteiger partial charge >= 0.3 is 0 Å². The lowest BCUT2D eigenvalue weighted by molar-refractivity contribution is -0.128. The predicted octanol–water partition coefficient (Wildman–Crippen LogP) is 6.69. The first kappa shape index (κ1) is 32.9. The van der Waals surface area contributed by atoms with E-state index < -0.39 is 11.2 Å². The summed E-state index contributed by atoms with van der Waals surface area (Å²) in [5.41, 5.74) is 5.56. The van der Waals surface area contributed by atoms with Gasteiger partial charge in [-0.25, -0.2) is 14.4 Å². The van der Waals surface area contributed by atoms with Crippen LogP contribution in [0.1, 0.15) is 77.8 Å². The van der Waals surface area contributed by atoms with Gasteiger partial charge in [-0.2, -0.15) is 0 Å². The summed E-state index contributed by atoms with van der Waals surface area (Å²) in [6.45, 7) is 14.6. The van der Waals surface area contributed by atoms with Crippen LogP contribution < -0.4 is 10.2 Å². The normalized spacial score (nSPS) is 25.0. The summed E-state index contributed by atoms with van der Waals surface area (Å²) in [7, 11) is 0. The van der Waals surface area contributed by atoms with Crippen molar-refractivity contribution in [3.05, 3.63) is 60.4 Å². The van der Waals surface area contributed by atoms with Gasteiger partial charge in [0, 0.05) is 42.1 Å². The van der Waals surface area contributed by atoms with Crippen LogP contribution in [0, 0.1) is 11.2 Å². The van der Waals surface area contributed by atoms with Gasteiger partial charge in [-0.1, -0.05) is 26.0 Å². The zero-order valence-corrected chi connectivity index (χ0v) is 30.2. The zero-order chi connectivity index (χ0) is 35.1. The van der Waals surface area contributed by atoms with Crippen LogP contribution in [-0.4, -0.2) is 92.7 Å². The highest BCUT2D eigenvalue weighted by Gasteiger charge is 2.56. The number of pyridine rings is 2. The van der Waals surface area contributed by atoms with Gasteiger partial charge in [0.1, 0.15) is 5.52 Å². The fourth-order valence-electron chi connectivity index (χ4n) is 9.44. The Balaban J connectivity index is 1.09. The molecule has 51 heavy (non-hydrogen) atoms. The van der Waals surface area contributed by atoms with Gasteiger partial charge in [0.25, 0.3) is 0 Å². The van der Waals surface area contributed by atoms with Crippen LogP contribution in [0.15, 0.2) is 49.1 Å². The number of halogens is 1. The van der Waals surface area contributed by atoms with Crippen molar-refractivity contribution in [2.24, 2.45) is 5.41 Å². The smallest absolute Gasteiger partial charge is 0.238 e. The third kappa shape index (κ3) is 5.54. The van der Waals surface area contributed by atoms with Gasteiger partial charge < -0.3 is 19.5 Å². The molecule has 4 aromatic rings. The van der Waals surface area contributed by atoms with Crippen LogP contribution in [0.3, 0.4) is 0 Å². The molecule has 9 rings (SSSR count). The lowest BCUT2D eigenvalue weighted by atomic mass is 9.73. The second kappa shape index (κ2) is 12.3. The Morgan fingerprint density at radius 1 is 0.980 bits per heavy atom. The molecule has 3 saturated heterocycles. The van der Waals surface area contributed by atoms with Crippen molar-refractivity contribution in [1.82, 2.24) is 29.3 Å². The van der Waals surface area contributed by atoms with Gasteiger partial charge in [0.05, 0.1) is 54.1 Å². The Labute approximate surface area is 299 Å². The number of nitrogens with one attached hydrogen (secondary N) is 1. The zero-order valence-electron chi connectivity index (χ0n) is 30.2. The molecular formula is C40H49FN8O2. The molecule has 7 heterocycles. The molecule has 268 valence electrons. The summed E-state index contributed by atoms with van der Waals surface area (Å²) in [4.78, 5) is 36.1. The number of aromatic nitrogens is 4. The van der Waals surface area contributed by atoms with E-state index in [-0.39, 0.29) is 18.0 Å². The molecule has 0 bridgehead atoms. The van der Waals surface area contributed by atoms with E-state index >= 15 is 0 Å². The number of imidazole rings is 1. The molecule has 4 fully saturated rings. The molecule has 5 aliphatic rings. The van der Waals surface area contributed by atoms with E-state index in [4.69, 9.17) is 14.7 Å². The number of benzene rings is 1. The number of nitrogens with zero attached hydrogens (tertiary/aromatic N) is 7. The maximum Gasteiger partial charge on any atom is 0.238 e. The van der Waals surface area contributed by atoms with E-state index in [9.17, 15) is 9.18 Å². The number of hydrogen-bond acceptors (Lipinski definition) is 8. The first-order valence-corrected chi connectivity index (χ1v) is 18.9. The van der Waals surface area contributed by atoms with Crippen molar-refractivity contribution in [3.8, 4) is 11.3 Å². The third-order valence-corrected chi connectivity index (χ3v) is 12.5. The molecule has 1 aromatic carbocycles. The monoisotopic (exact) mass is 692 g/mol. The number of hydrogen-bond donors (Lipinski definition) is 1. The molecule has 3 aromatic heterocycles. The molecule has 1 saturated carbocycles. The fourth-order valence-corrected chi connectivity index (χ4v) is 9.44. The number of rotatable bonds is 7. The molecule has 0 radical (unpaired) electrons. The van der Waals surface area contributed by atoms with Gasteiger partial charge in [-0.15, -0.1) is 0 Å². The van der Waals surface area contributed by atoms with Crippen molar-refractivity contribution < 1.29 is 13.9 Å². The van der Waals surface area contributed by atoms with E-state index in [0.717, 1.165) is 98.6 Å². The van der Waals surface area contributed by atoms with E-state index in [1.807, 2.05) is 12.4 Å². The Morgan fingerprint density at radius 2 is 1.78 bits per heavy atom. The molecule has 0 unspecified atom stereocenters. The third-order valence-electron chi connectivity index (χ3n) is 12.5. The van der Waals surface area contributed by atoms with Crippen LogP contribution in [0.4, 0.5) is 21.6 Å². The Kier molecular flexibility index (Phi) is 7.97.